The summed E-state index contributed by atoms with van der Waals surface area (Å²) in [6, 6.07) is 2.82. The second kappa shape index (κ2) is 6.07. The van der Waals surface area contributed by atoms with E-state index in [9.17, 15) is 0 Å². The van der Waals surface area contributed by atoms with Gasteiger partial charge in [0.2, 0.25) is 0 Å². The SMILES string of the molecule is CC(C)C1CN(Cc2sccc2Br)C2(CCCC2)CN1. The fourth-order valence-corrected chi connectivity index (χ4v) is 5.24. The van der Waals surface area contributed by atoms with Crippen molar-refractivity contribution in [2.45, 2.75) is 57.7 Å². The summed E-state index contributed by atoms with van der Waals surface area (Å²) in [5.41, 5.74) is 0.425. The van der Waals surface area contributed by atoms with Gasteiger partial charge in [0.05, 0.1) is 0 Å². The molecule has 1 atom stereocenters. The first-order chi connectivity index (χ1) is 9.61. The Bertz CT molecular complexity index is 451. The van der Waals surface area contributed by atoms with Crippen LogP contribution < -0.4 is 5.32 Å². The molecule has 2 fully saturated rings. The first-order valence-electron chi connectivity index (χ1n) is 7.81. The minimum absolute atomic E-state index is 0.425. The Hall–Kier alpha value is 0.1000. The van der Waals surface area contributed by atoms with Crippen LogP contribution in [0.25, 0.3) is 0 Å². The van der Waals surface area contributed by atoms with Crippen LogP contribution in [0, 0.1) is 5.92 Å². The van der Waals surface area contributed by atoms with Gasteiger partial charge in [0.15, 0.2) is 0 Å². The predicted octanol–water partition coefficient (Wildman–Crippen LogP) is 4.25. The third-order valence-electron chi connectivity index (χ3n) is 5.15. The van der Waals surface area contributed by atoms with Crippen LogP contribution in [0.2, 0.25) is 0 Å². The molecule has 3 rings (SSSR count). The molecular formula is C16H25BrN2S. The van der Waals surface area contributed by atoms with Gasteiger partial charge in [-0.15, -0.1) is 11.3 Å². The summed E-state index contributed by atoms with van der Waals surface area (Å²) in [6.07, 6.45) is 5.54. The van der Waals surface area contributed by atoms with Gasteiger partial charge < -0.3 is 5.32 Å². The van der Waals surface area contributed by atoms with E-state index in [1.807, 2.05) is 11.3 Å². The topological polar surface area (TPSA) is 15.3 Å². The van der Waals surface area contributed by atoms with Gasteiger partial charge in [-0.2, -0.15) is 0 Å². The number of nitrogens with zero attached hydrogens (tertiary/aromatic N) is 1. The predicted molar refractivity (Wildman–Crippen MR) is 90.3 cm³/mol. The van der Waals surface area contributed by atoms with Crippen molar-refractivity contribution in [3.05, 3.63) is 20.8 Å². The summed E-state index contributed by atoms with van der Waals surface area (Å²) >= 11 is 5.59. The first kappa shape index (κ1) is 15.0. The molecule has 4 heteroatoms. The summed E-state index contributed by atoms with van der Waals surface area (Å²) in [5.74, 6) is 0.711. The minimum Gasteiger partial charge on any atom is -0.311 e. The number of hydrogen-bond acceptors (Lipinski definition) is 3. The number of halogens is 1. The van der Waals surface area contributed by atoms with Crippen molar-refractivity contribution < 1.29 is 0 Å². The maximum atomic E-state index is 3.83. The van der Waals surface area contributed by atoms with Gasteiger partial charge in [-0.25, -0.2) is 0 Å². The van der Waals surface area contributed by atoms with Gasteiger partial charge >= 0.3 is 0 Å². The lowest BCUT2D eigenvalue weighted by atomic mass is 9.88. The smallest absolute Gasteiger partial charge is 0.0346 e. The molecule has 1 unspecified atom stereocenters. The van der Waals surface area contributed by atoms with Crippen LogP contribution in [-0.2, 0) is 6.54 Å². The summed E-state index contributed by atoms with van der Waals surface area (Å²) in [7, 11) is 0. The standard InChI is InChI=1S/C16H25BrN2S/c1-12(2)14-9-19(10-15-13(17)5-8-20-15)16(11-18-14)6-3-4-7-16/h5,8,12,14,18H,3-4,6-7,9-11H2,1-2H3. The van der Waals surface area contributed by atoms with Crippen LogP contribution in [0.4, 0.5) is 0 Å². The molecule has 1 N–H and O–H groups in total. The highest BCUT2D eigenvalue weighted by atomic mass is 79.9. The Morgan fingerprint density at radius 2 is 2.20 bits per heavy atom. The summed E-state index contributed by atoms with van der Waals surface area (Å²) in [6.45, 7) is 8.16. The van der Waals surface area contributed by atoms with Gasteiger partial charge in [-0.1, -0.05) is 26.7 Å². The van der Waals surface area contributed by atoms with Gasteiger partial charge in [-0.05, 0) is 46.1 Å². The van der Waals surface area contributed by atoms with Crippen molar-refractivity contribution in [1.29, 1.82) is 0 Å². The van der Waals surface area contributed by atoms with E-state index in [1.165, 1.54) is 48.1 Å². The van der Waals surface area contributed by atoms with E-state index < -0.39 is 0 Å². The van der Waals surface area contributed by atoms with Crippen molar-refractivity contribution in [2.24, 2.45) is 5.92 Å². The number of rotatable bonds is 3. The lowest BCUT2D eigenvalue weighted by Crippen LogP contribution is -2.64. The van der Waals surface area contributed by atoms with Crippen LogP contribution in [0.1, 0.15) is 44.4 Å². The Kier molecular flexibility index (Phi) is 4.56. The molecule has 0 bridgehead atoms. The average molecular weight is 357 g/mol. The van der Waals surface area contributed by atoms with Crippen LogP contribution in [0.5, 0.6) is 0 Å². The zero-order valence-electron chi connectivity index (χ0n) is 12.5. The second-order valence-corrected chi connectivity index (χ2v) is 8.59. The van der Waals surface area contributed by atoms with Crippen LogP contribution >= 0.6 is 27.3 Å². The fourth-order valence-electron chi connectivity index (χ4n) is 3.74. The van der Waals surface area contributed by atoms with Crippen molar-refractivity contribution >= 4 is 27.3 Å². The number of nitrogens with one attached hydrogen (secondary N) is 1. The molecule has 1 saturated heterocycles. The molecule has 2 aliphatic rings. The lowest BCUT2D eigenvalue weighted by molar-refractivity contribution is 0.0267. The van der Waals surface area contributed by atoms with Gasteiger partial charge in [0.1, 0.15) is 0 Å². The number of piperazine rings is 1. The number of thiophene rings is 1. The van der Waals surface area contributed by atoms with Crippen molar-refractivity contribution in [2.75, 3.05) is 13.1 Å². The molecule has 0 radical (unpaired) electrons. The van der Waals surface area contributed by atoms with E-state index in [-0.39, 0.29) is 0 Å². The second-order valence-electron chi connectivity index (χ2n) is 6.74. The molecule has 20 heavy (non-hydrogen) atoms. The van der Waals surface area contributed by atoms with Gasteiger partial charge in [-0.3, -0.25) is 4.90 Å². The van der Waals surface area contributed by atoms with E-state index >= 15 is 0 Å². The van der Waals surface area contributed by atoms with Gasteiger partial charge in [0, 0.05) is 40.6 Å². The van der Waals surface area contributed by atoms with Crippen molar-refractivity contribution in [3.8, 4) is 0 Å². The molecule has 1 saturated carbocycles. The van der Waals surface area contributed by atoms with E-state index in [0.29, 0.717) is 17.5 Å². The Labute approximate surface area is 135 Å². The first-order valence-corrected chi connectivity index (χ1v) is 9.48. The van der Waals surface area contributed by atoms with Crippen molar-refractivity contribution in [1.82, 2.24) is 10.2 Å². The molecule has 1 aromatic heterocycles. The van der Waals surface area contributed by atoms with E-state index in [0.717, 1.165) is 6.54 Å². The summed E-state index contributed by atoms with van der Waals surface area (Å²) < 4.78 is 1.29. The summed E-state index contributed by atoms with van der Waals surface area (Å²) in [4.78, 5) is 4.28. The lowest BCUT2D eigenvalue weighted by Gasteiger charge is -2.49. The number of hydrogen-bond donors (Lipinski definition) is 1. The molecule has 1 aromatic rings. The molecule has 1 spiro atoms. The quantitative estimate of drug-likeness (QED) is 0.870. The average Bonchev–Trinajstić information content (AvgIpc) is 3.03. The summed E-state index contributed by atoms with van der Waals surface area (Å²) in [5, 5.41) is 6.02. The Balaban J connectivity index is 1.79. The van der Waals surface area contributed by atoms with E-state index in [2.05, 4.69) is 51.4 Å². The molecule has 1 aliphatic carbocycles. The normalized spacial score (nSPS) is 26.7. The molecule has 1 aliphatic heterocycles. The molecule has 112 valence electrons. The minimum atomic E-state index is 0.425. The zero-order valence-corrected chi connectivity index (χ0v) is 14.9. The molecule has 0 aromatic carbocycles. The van der Waals surface area contributed by atoms with Crippen LogP contribution in [0.15, 0.2) is 15.9 Å². The Morgan fingerprint density at radius 3 is 2.80 bits per heavy atom. The zero-order chi connectivity index (χ0) is 14.2. The third-order valence-corrected chi connectivity index (χ3v) is 7.06. The van der Waals surface area contributed by atoms with E-state index in [1.54, 1.807) is 0 Å². The largest absolute Gasteiger partial charge is 0.311 e. The fraction of sp³-hybridized carbons (Fsp3) is 0.750. The van der Waals surface area contributed by atoms with Gasteiger partial charge in [0.25, 0.3) is 0 Å². The van der Waals surface area contributed by atoms with Crippen LogP contribution in [0.3, 0.4) is 0 Å². The highest BCUT2D eigenvalue weighted by Crippen LogP contribution is 2.39. The highest BCUT2D eigenvalue weighted by molar-refractivity contribution is 9.10. The molecule has 2 nitrogen and oxygen atoms in total. The maximum Gasteiger partial charge on any atom is 0.0346 e. The third kappa shape index (κ3) is 2.85. The molecular weight excluding hydrogens is 332 g/mol. The van der Waals surface area contributed by atoms with Crippen LogP contribution in [-0.4, -0.2) is 29.6 Å². The van der Waals surface area contributed by atoms with E-state index in [4.69, 9.17) is 0 Å². The Morgan fingerprint density at radius 1 is 1.45 bits per heavy atom. The monoisotopic (exact) mass is 356 g/mol. The molecule has 2 heterocycles. The molecule has 0 amide bonds. The highest BCUT2D eigenvalue weighted by Gasteiger charge is 2.43. The maximum absolute atomic E-state index is 3.83. The van der Waals surface area contributed by atoms with Crippen molar-refractivity contribution in [3.63, 3.8) is 0 Å².